The smallest absolute Gasteiger partial charge is 0.160 e. The van der Waals surface area contributed by atoms with Crippen molar-refractivity contribution >= 4 is 0 Å². The zero-order valence-electron chi connectivity index (χ0n) is 12.6. The van der Waals surface area contributed by atoms with Gasteiger partial charge in [-0.25, -0.2) is 9.97 Å². The number of aromatic nitrogens is 2. The quantitative estimate of drug-likeness (QED) is 0.731. The number of hydrogen-bond donors (Lipinski definition) is 1. The number of hydrogen-bond acceptors (Lipinski definition) is 5. The van der Waals surface area contributed by atoms with Crippen LogP contribution in [0, 0.1) is 0 Å². The van der Waals surface area contributed by atoms with Crippen molar-refractivity contribution in [3.8, 4) is 5.75 Å². The van der Waals surface area contributed by atoms with Gasteiger partial charge in [0.2, 0.25) is 0 Å². The zero-order valence-corrected chi connectivity index (χ0v) is 12.6. The third kappa shape index (κ3) is 5.53. The molecule has 0 bridgehead atoms. The average molecular weight is 267 g/mol. The van der Waals surface area contributed by atoms with Gasteiger partial charge >= 0.3 is 0 Å². The van der Waals surface area contributed by atoms with Crippen molar-refractivity contribution in [3.63, 3.8) is 0 Å². The minimum absolute atomic E-state index is 0.222. The van der Waals surface area contributed by atoms with E-state index in [0.29, 0.717) is 25.7 Å². The molecular weight excluding hydrogens is 242 g/mol. The molecule has 108 valence electrons. The summed E-state index contributed by atoms with van der Waals surface area (Å²) in [5, 5.41) is 3.10. The average Bonchev–Trinajstić information content (AvgIpc) is 2.35. The van der Waals surface area contributed by atoms with Crippen LogP contribution in [0.25, 0.3) is 0 Å². The van der Waals surface area contributed by atoms with E-state index in [1.54, 1.807) is 6.20 Å². The Morgan fingerprint density at radius 3 is 2.53 bits per heavy atom. The standard InChI is InChI=1S/C14H25N3O2/c1-10(2)14-16-9-13(12(17-14)8-15-5)19-7-6-18-11(3)4/h9-11,15H,6-8H2,1-5H3. The first kappa shape index (κ1) is 15.9. The molecule has 0 aliphatic heterocycles. The summed E-state index contributed by atoms with van der Waals surface area (Å²) in [6, 6.07) is 0. The number of ether oxygens (including phenoxy) is 2. The van der Waals surface area contributed by atoms with Gasteiger partial charge in [-0.2, -0.15) is 0 Å². The molecule has 0 radical (unpaired) electrons. The normalized spacial score (nSPS) is 11.3. The second kappa shape index (κ2) is 8.07. The minimum atomic E-state index is 0.222. The van der Waals surface area contributed by atoms with E-state index >= 15 is 0 Å². The highest BCUT2D eigenvalue weighted by atomic mass is 16.5. The van der Waals surface area contributed by atoms with Crippen LogP contribution in [-0.2, 0) is 11.3 Å². The summed E-state index contributed by atoms with van der Waals surface area (Å²) in [4.78, 5) is 8.87. The SMILES string of the molecule is CNCc1nc(C(C)C)ncc1OCCOC(C)C. The van der Waals surface area contributed by atoms with Gasteiger partial charge in [-0.15, -0.1) is 0 Å². The molecule has 0 fully saturated rings. The third-order valence-corrected chi connectivity index (χ3v) is 2.50. The fourth-order valence-electron chi connectivity index (χ4n) is 1.55. The van der Waals surface area contributed by atoms with Crippen LogP contribution in [-0.4, -0.2) is 36.3 Å². The molecular formula is C14H25N3O2. The highest BCUT2D eigenvalue weighted by Crippen LogP contribution is 2.18. The Labute approximate surface area is 115 Å². The van der Waals surface area contributed by atoms with Crippen LogP contribution in [0.2, 0.25) is 0 Å². The minimum Gasteiger partial charge on any atom is -0.488 e. The molecule has 1 heterocycles. The van der Waals surface area contributed by atoms with E-state index < -0.39 is 0 Å². The Morgan fingerprint density at radius 2 is 1.95 bits per heavy atom. The largest absolute Gasteiger partial charge is 0.488 e. The highest BCUT2D eigenvalue weighted by molar-refractivity contribution is 5.25. The molecule has 0 saturated carbocycles. The topological polar surface area (TPSA) is 56.3 Å². The zero-order chi connectivity index (χ0) is 14.3. The summed E-state index contributed by atoms with van der Waals surface area (Å²) >= 11 is 0. The van der Waals surface area contributed by atoms with Crippen molar-refractivity contribution < 1.29 is 9.47 Å². The Kier molecular flexibility index (Phi) is 6.73. The summed E-state index contributed by atoms with van der Waals surface area (Å²) in [5.74, 6) is 1.89. The van der Waals surface area contributed by atoms with Crippen LogP contribution < -0.4 is 10.1 Å². The lowest BCUT2D eigenvalue weighted by Crippen LogP contribution is -2.15. The number of nitrogens with one attached hydrogen (secondary N) is 1. The second-order valence-electron chi connectivity index (χ2n) is 4.99. The van der Waals surface area contributed by atoms with Crippen LogP contribution in [0.15, 0.2) is 6.20 Å². The van der Waals surface area contributed by atoms with Gasteiger partial charge < -0.3 is 14.8 Å². The predicted octanol–water partition coefficient (Wildman–Crippen LogP) is 2.12. The summed E-state index contributed by atoms with van der Waals surface area (Å²) in [6.45, 7) is 9.93. The molecule has 1 N–H and O–H groups in total. The molecule has 0 spiro atoms. The fraction of sp³-hybridized carbons (Fsp3) is 0.714. The van der Waals surface area contributed by atoms with Crippen molar-refractivity contribution in [1.82, 2.24) is 15.3 Å². The fourth-order valence-corrected chi connectivity index (χ4v) is 1.55. The monoisotopic (exact) mass is 267 g/mol. The third-order valence-electron chi connectivity index (χ3n) is 2.50. The molecule has 1 aromatic heterocycles. The lowest BCUT2D eigenvalue weighted by Gasteiger charge is -2.13. The van der Waals surface area contributed by atoms with Crippen molar-refractivity contribution in [2.75, 3.05) is 20.3 Å². The van der Waals surface area contributed by atoms with Crippen molar-refractivity contribution in [2.24, 2.45) is 0 Å². The van der Waals surface area contributed by atoms with E-state index in [2.05, 4.69) is 29.1 Å². The first-order valence-electron chi connectivity index (χ1n) is 6.79. The Bertz CT molecular complexity index is 381. The molecule has 0 aromatic carbocycles. The summed E-state index contributed by atoms with van der Waals surface area (Å²) in [5.41, 5.74) is 0.894. The molecule has 19 heavy (non-hydrogen) atoms. The van der Waals surface area contributed by atoms with Gasteiger partial charge in [0, 0.05) is 12.5 Å². The molecule has 5 nitrogen and oxygen atoms in total. The van der Waals surface area contributed by atoms with Gasteiger partial charge in [0.15, 0.2) is 5.75 Å². The van der Waals surface area contributed by atoms with Crippen LogP contribution in [0.4, 0.5) is 0 Å². The van der Waals surface area contributed by atoms with Gasteiger partial charge in [-0.1, -0.05) is 13.8 Å². The van der Waals surface area contributed by atoms with Crippen molar-refractivity contribution in [2.45, 2.75) is 46.3 Å². The maximum atomic E-state index is 5.68. The molecule has 1 aromatic rings. The Hall–Kier alpha value is -1.20. The van der Waals surface area contributed by atoms with Gasteiger partial charge in [0.1, 0.15) is 12.4 Å². The Balaban J connectivity index is 2.65. The number of nitrogens with zero attached hydrogens (tertiary/aromatic N) is 2. The van der Waals surface area contributed by atoms with Gasteiger partial charge in [-0.3, -0.25) is 0 Å². The maximum absolute atomic E-state index is 5.68. The van der Waals surface area contributed by atoms with E-state index in [9.17, 15) is 0 Å². The highest BCUT2D eigenvalue weighted by Gasteiger charge is 2.10. The Morgan fingerprint density at radius 1 is 1.21 bits per heavy atom. The molecule has 0 aliphatic rings. The molecule has 0 unspecified atom stereocenters. The van der Waals surface area contributed by atoms with E-state index in [1.807, 2.05) is 20.9 Å². The van der Waals surface area contributed by atoms with Crippen molar-refractivity contribution in [1.29, 1.82) is 0 Å². The van der Waals surface area contributed by atoms with E-state index in [4.69, 9.17) is 9.47 Å². The van der Waals surface area contributed by atoms with Gasteiger partial charge in [0.25, 0.3) is 0 Å². The molecule has 0 amide bonds. The van der Waals surface area contributed by atoms with E-state index in [1.165, 1.54) is 0 Å². The van der Waals surface area contributed by atoms with Gasteiger partial charge in [0.05, 0.1) is 24.6 Å². The first-order chi connectivity index (χ1) is 9.04. The molecule has 5 heteroatoms. The summed E-state index contributed by atoms with van der Waals surface area (Å²) in [7, 11) is 1.89. The molecule has 0 saturated heterocycles. The molecule has 1 rings (SSSR count). The lowest BCUT2D eigenvalue weighted by atomic mass is 10.2. The summed E-state index contributed by atoms with van der Waals surface area (Å²) < 4.78 is 11.1. The number of rotatable bonds is 8. The molecule has 0 aliphatic carbocycles. The van der Waals surface area contributed by atoms with Crippen LogP contribution in [0.5, 0.6) is 5.75 Å². The van der Waals surface area contributed by atoms with Crippen LogP contribution >= 0.6 is 0 Å². The van der Waals surface area contributed by atoms with Crippen molar-refractivity contribution in [3.05, 3.63) is 17.7 Å². The first-order valence-corrected chi connectivity index (χ1v) is 6.79. The summed E-state index contributed by atoms with van der Waals surface area (Å²) in [6.07, 6.45) is 1.98. The van der Waals surface area contributed by atoms with E-state index in [0.717, 1.165) is 17.3 Å². The second-order valence-corrected chi connectivity index (χ2v) is 4.99. The maximum Gasteiger partial charge on any atom is 0.160 e. The van der Waals surface area contributed by atoms with Crippen LogP contribution in [0.3, 0.4) is 0 Å². The van der Waals surface area contributed by atoms with Gasteiger partial charge in [-0.05, 0) is 20.9 Å². The molecule has 0 atom stereocenters. The van der Waals surface area contributed by atoms with Crippen LogP contribution in [0.1, 0.15) is 45.1 Å². The lowest BCUT2D eigenvalue weighted by molar-refractivity contribution is 0.0548. The van der Waals surface area contributed by atoms with E-state index in [-0.39, 0.29) is 6.10 Å². The predicted molar refractivity (Wildman–Crippen MR) is 75.5 cm³/mol.